The summed E-state index contributed by atoms with van der Waals surface area (Å²) in [6.07, 6.45) is 21.6. The second kappa shape index (κ2) is 15.2. The van der Waals surface area contributed by atoms with Crippen molar-refractivity contribution in [2.45, 2.75) is 128 Å². The van der Waals surface area contributed by atoms with E-state index in [0.717, 1.165) is 49.1 Å². The van der Waals surface area contributed by atoms with Gasteiger partial charge in [-0.3, -0.25) is 0 Å². The molecule has 1 aliphatic carbocycles. The van der Waals surface area contributed by atoms with Crippen LogP contribution in [0.15, 0.2) is 48.8 Å². The number of nitrogens with zero attached hydrogens (tertiary/aromatic N) is 2. The van der Waals surface area contributed by atoms with E-state index in [0.29, 0.717) is 6.42 Å². The lowest BCUT2D eigenvalue weighted by molar-refractivity contribution is -0.0811. The van der Waals surface area contributed by atoms with Crippen LogP contribution in [0.3, 0.4) is 0 Å². The predicted octanol–water partition coefficient (Wildman–Crippen LogP) is 11.2. The van der Waals surface area contributed by atoms with Gasteiger partial charge in [-0.05, 0) is 54.9 Å². The average Bonchev–Trinajstić information content (AvgIpc) is 3.80. The van der Waals surface area contributed by atoms with E-state index in [2.05, 4.69) is 41.2 Å². The molecule has 0 spiro atoms. The first-order chi connectivity index (χ1) is 21.0. The molecule has 6 heteroatoms. The number of rotatable bonds is 18. The smallest absolute Gasteiger partial charge is 0.315 e. The summed E-state index contributed by atoms with van der Waals surface area (Å²) in [6, 6.07) is 11.3. The predicted molar refractivity (Wildman–Crippen MR) is 168 cm³/mol. The van der Waals surface area contributed by atoms with E-state index in [1.54, 1.807) is 12.4 Å². The summed E-state index contributed by atoms with van der Waals surface area (Å²) in [5, 5.41) is 0. The standard InChI is InChI=1S/C37H47F3N2O/c1-2-3-4-8-13-16-33-37(39,40)34-32(43-33)24-23-31(35(34)38)36-41-25-30(26-42-36)29-21-19-28(20-22-29)15-12-10-7-5-6-9-11-14-27-17-18-27/h19-27,33H,2-18H2,1H3. The fourth-order valence-electron chi connectivity index (χ4n) is 6.23. The molecule has 232 valence electrons. The number of aromatic nitrogens is 2. The summed E-state index contributed by atoms with van der Waals surface area (Å²) in [7, 11) is 0. The lowest BCUT2D eigenvalue weighted by Gasteiger charge is -2.18. The molecule has 43 heavy (non-hydrogen) atoms. The number of hydrogen-bond donors (Lipinski definition) is 0. The number of hydrogen-bond acceptors (Lipinski definition) is 3. The number of fused-ring (bicyclic) bond motifs is 1. The number of benzene rings is 2. The van der Waals surface area contributed by atoms with Crippen LogP contribution in [0.25, 0.3) is 22.5 Å². The molecule has 2 heterocycles. The quantitative estimate of drug-likeness (QED) is 0.138. The number of aryl methyl sites for hydroxylation is 1. The molecule has 3 nitrogen and oxygen atoms in total. The van der Waals surface area contributed by atoms with Crippen molar-refractivity contribution in [1.82, 2.24) is 9.97 Å². The Kier molecular flexibility index (Phi) is 11.2. The summed E-state index contributed by atoms with van der Waals surface area (Å²) in [6.45, 7) is 2.11. The van der Waals surface area contributed by atoms with E-state index in [9.17, 15) is 0 Å². The number of halogens is 3. The van der Waals surface area contributed by atoms with Crippen LogP contribution in [-0.4, -0.2) is 16.1 Å². The molecule has 3 aromatic rings. The van der Waals surface area contributed by atoms with Crippen LogP contribution >= 0.6 is 0 Å². The van der Waals surface area contributed by atoms with E-state index in [-0.39, 0.29) is 23.6 Å². The van der Waals surface area contributed by atoms with Crippen LogP contribution in [0, 0.1) is 11.7 Å². The fraction of sp³-hybridized carbons (Fsp3) is 0.568. The topological polar surface area (TPSA) is 35.0 Å². The minimum absolute atomic E-state index is 0.0363. The fourth-order valence-corrected chi connectivity index (χ4v) is 6.23. The van der Waals surface area contributed by atoms with Gasteiger partial charge in [0.15, 0.2) is 11.9 Å². The molecule has 0 amide bonds. The SMILES string of the molecule is CCCCCCCC1Oc2ccc(-c3ncc(-c4ccc(CCCCCCCCCC5CC5)cc4)cn3)c(F)c2C1(F)F. The second-order valence-electron chi connectivity index (χ2n) is 12.7. The van der Waals surface area contributed by atoms with E-state index in [1.807, 2.05) is 0 Å². The molecular formula is C37H47F3N2O. The van der Waals surface area contributed by atoms with Gasteiger partial charge in [0.25, 0.3) is 0 Å². The first-order valence-electron chi connectivity index (χ1n) is 16.8. The van der Waals surface area contributed by atoms with E-state index < -0.39 is 23.4 Å². The molecule has 0 radical (unpaired) electrons. The van der Waals surface area contributed by atoms with Crippen LogP contribution in [0.1, 0.15) is 121 Å². The van der Waals surface area contributed by atoms with Gasteiger partial charge in [0.05, 0.1) is 5.56 Å². The molecule has 2 aromatic carbocycles. The molecule has 1 aliphatic heterocycles. The molecule has 1 saturated carbocycles. The first-order valence-corrected chi connectivity index (χ1v) is 16.8. The minimum atomic E-state index is -3.39. The van der Waals surface area contributed by atoms with Crippen LogP contribution in [0.5, 0.6) is 5.75 Å². The third kappa shape index (κ3) is 8.39. The van der Waals surface area contributed by atoms with Gasteiger partial charge in [0, 0.05) is 18.0 Å². The van der Waals surface area contributed by atoms with Gasteiger partial charge in [-0.2, -0.15) is 8.78 Å². The molecule has 5 rings (SSSR count). The molecule has 0 N–H and O–H groups in total. The maximum absolute atomic E-state index is 15.5. The van der Waals surface area contributed by atoms with Crippen molar-refractivity contribution in [3.63, 3.8) is 0 Å². The van der Waals surface area contributed by atoms with Gasteiger partial charge in [0.1, 0.15) is 17.1 Å². The Morgan fingerprint density at radius 1 is 0.744 bits per heavy atom. The highest BCUT2D eigenvalue weighted by Crippen LogP contribution is 2.50. The number of unbranched alkanes of at least 4 members (excludes halogenated alkanes) is 10. The highest BCUT2D eigenvalue weighted by Gasteiger charge is 2.53. The van der Waals surface area contributed by atoms with Crippen LogP contribution in [0.2, 0.25) is 0 Å². The van der Waals surface area contributed by atoms with Gasteiger partial charge in [-0.1, -0.05) is 115 Å². The maximum atomic E-state index is 15.5. The maximum Gasteiger partial charge on any atom is 0.315 e. The summed E-state index contributed by atoms with van der Waals surface area (Å²) in [5.41, 5.74) is 2.38. The Morgan fingerprint density at radius 2 is 1.37 bits per heavy atom. The molecule has 1 atom stereocenters. The van der Waals surface area contributed by atoms with Crippen LogP contribution < -0.4 is 4.74 Å². The number of alkyl halides is 2. The van der Waals surface area contributed by atoms with Crippen molar-refractivity contribution in [3.8, 4) is 28.3 Å². The van der Waals surface area contributed by atoms with Crippen molar-refractivity contribution in [2.24, 2.45) is 5.92 Å². The molecule has 1 fully saturated rings. The Hall–Kier alpha value is -2.89. The summed E-state index contributed by atoms with van der Waals surface area (Å²) in [5.74, 6) is -3.32. The van der Waals surface area contributed by atoms with Crippen LogP contribution in [0.4, 0.5) is 13.2 Å². The zero-order chi connectivity index (χ0) is 30.1. The monoisotopic (exact) mass is 592 g/mol. The molecule has 0 bridgehead atoms. The zero-order valence-corrected chi connectivity index (χ0v) is 25.7. The first kappa shape index (κ1) is 31.5. The van der Waals surface area contributed by atoms with Crippen molar-refractivity contribution in [1.29, 1.82) is 0 Å². The van der Waals surface area contributed by atoms with E-state index in [4.69, 9.17) is 4.74 Å². The molecule has 2 aliphatic rings. The largest absolute Gasteiger partial charge is 0.483 e. The molecule has 0 saturated heterocycles. The zero-order valence-electron chi connectivity index (χ0n) is 25.7. The van der Waals surface area contributed by atoms with Gasteiger partial charge < -0.3 is 4.74 Å². The summed E-state index contributed by atoms with van der Waals surface area (Å²) >= 11 is 0. The Bertz CT molecular complexity index is 1290. The number of ether oxygens (including phenoxy) is 1. The van der Waals surface area contributed by atoms with Gasteiger partial charge in [-0.15, -0.1) is 0 Å². The second-order valence-corrected chi connectivity index (χ2v) is 12.7. The van der Waals surface area contributed by atoms with Crippen molar-refractivity contribution in [3.05, 3.63) is 65.7 Å². The molecule has 1 unspecified atom stereocenters. The van der Waals surface area contributed by atoms with Crippen molar-refractivity contribution >= 4 is 0 Å². The normalized spacial score (nSPS) is 17.2. The van der Waals surface area contributed by atoms with Crippen molar-refractivity contribution in [2.75, 3.05) is 0 Å². The minimum Gasteiger partial charge on any atom is -0.483 e. The third-order valence-electron chi connectivity index (χ3n) is 9.14. The summed E-state index contributed by atoms with van der Waals surface area (Å²) < 4.78 is 51.5. The highest BCUT2D eigenvalue weighted by molar-refractivity contribution is 5.66. The van der Waals surface area contributed by atoms with Crippen molar-refractivity contribution < 1.29 is 17.9 Å². The van der Waals surface area contributed by atoms with Gasteiger partial charge in [-0.25, -0.2) is 14.4 Å². The van der Waals surface area contributed by atoms with Gasteiger partial charge >= 0.3 is 5.92 Å². The van der Waals surface area contributed by atoms with E-state index >= 15 is 13.2 Å². The molecular weight excluding hydrogens is 545 g/mol. The summed E-state index contributed by atoms with van der Waals surface area (Å²) in [4.78, 5) is 8.70. The lowest BCUT2D eigenvalue weighted by atomic mass is 9.98. The molecule has 1 aromatic heterocycles. The van der Waals surface area contributed by atoms with E-state index in [1.165, 1.54) is 81.9 Å². The Labute approximate surface area is 255 Å². The highest BCUT2D eigenvalue weighted by atomic mass is 19.3. The third-order valence-corrected chi connectivity index (χ3v) is 9.14. The Balaban J connectivity index is 1.11. The lowest BCUT2D eigenvalue weighted by Crippen LogP contribution is -2.30. The Morgan fingerprint density at radius 3 is 2.05 bits per heavy atom. The van der Waals surface area contributed by atoms with Gasteiger partial charge in [0.2, 0.25) is 0 Å². The average molecular weight is 593 g/mol. The van der Waals surface area contributed by atoms with Crippen LogP contribution in [-0.2, 0) is 12.3 Å².